The minimum absolute atomic E-state index is 0.522. The van der Waals surface area contributed by atoms with Gasteiger partial charge in [-0.15, -0.1) is 0 Å². The standard InChI is InChI=1S/C14H24O4Si/c1-4-16-19(17-5-2,18-13(3)15)12-11-14-9-7-6-8-10-14/h6-10,13,15H,4-5,11-12H2,1-3H3. The quantitative estimate of drug-likeness (QED) is 0.559. The van der Waals surface area contributed by atoms with Gasteiger partial charge in [0.15, 0.2) is 0 Å². The number of aryl methyl sites for hydroxylation is 1. The third-order valence-electron chi connectivity index (χ3n) is 2.64. The van der Waals surface area contributed by atoms with Gasteiger partial charge in [0.05, 0.1) is 0 Å². The van der Waals surface area contributed by atoms with E-state index in [0.29, 0.717) is 19.3 Å². The van der Waals surface area contributed by atoms with Crippen LogP contribution in [0.25, 0.3) is 0 Å². The number of aliphatic hydroxyl groups is 1. The maximum Gasteiger partial charge on any atom is 0.503 e. The van der Waals surface area contributed by atoms with Crippen LogP contribution in [-0.4, -0.2) is 33.4 Å². The van der Waals surface area contributed by atoms with Crippen LogP contribution in [0.2, 0.25) is 6.04 Å². The summed E-state index contributed by atoms with van der Waals surface area (Å²) in [6.45, 7) is 6.45. The van der Waals surface area contributed by atoms with Gasteiger partial charge in [-0.25, -0.2) is 0 Å². The SMILES string of the molecule is CCO[Si](CCc1ccccc1)(OCC)OC(C)O. The Kier molecular flexibility index (Phi) is 7.26. The van der Waals surface area contributed by atoms with Gasteiger partial charge in [-0.1, -0.05) is 30.3 Å². The van der Waals surface area contributed by atoms with E-state index < -0.39 is 15.1 Å². The van der Waals surface area contributed by atoms with E-state index in [1.165, 1.54) is 5.56 Å². The van der Waals surface area contributed by atoms with Crippen molar-refractivity contribution < 1.29 is 18.4 Å². The van der Waals surface area contributed by atoms with Crippen molar-refractivity contribution in [1.29, 1.82) is 0 Å². The first kappa shape index (κ1) is 16.3. The van der Waals surface area contributed by atoms with Crippen LogP contribution >= 0.6 is 0 Å². The average molecular weight is 284 g/mol. The molecule has 0 heterocycles. The Balaban J connectivity index is 2.71. The van der Waals surface area contributed by atoms with E-state index in [2.05, 4.69) is 12.1 Å². The van der Waals surface area contributed by atoms with Gasteiger partial charge >= 0.3 is 8.80 Å². The molecular weight excluding hydrogens is 260 g/mol. The lowest BCUT2D eigenvalue weighted by Crippen LogP contribution is -2.48. The van der Waals surface area contributed by atoms with E-state index in [-0.39, 0.29) is 0 Å². The monoisotopic (exact) mass is 284 g/mol. The average Bonchev–Trinajstić information content (AvgIpc) is 2.37. The maximum absolute atomic E-state index is 9.49. The van der Waals surface area contributed by atoms with Crippen molar-refractivity contribution in [2.24, 2.45) is 0 Å². The fraction of sp³-hybridized carbons (Fsp3) is 0.571. The first-order valence-corrected chi connectivity index (χ1v) is 8.72. The molecule has 0 aliphatic carbocycles. The normalized spacial score (nSPS) is 13.5. The van der Waals surface area contributed by atoms with Crippen LogP contribution < -0.4 is 0 Å². The number of hydrogen-bond donors (Lipinski definition) is 1. The summed E-state index contributed by atoms with van der Waals surface area (Å²) in [5.74, 6) is 0. The lowest BCUT2D eigenvalue weighted by Gasteiger charge is -2.30. The molecule has 0 aliphatic rings. The molecule has 1 N–H and O–H groups in total. The van der Waals surface area contributed by atoms with E-state index in [1.807, 2.05) is 32.0 Å². The zero-order valence-corrected chi connectivity index (χ0v) is 13.0. The summed E-state index contributed by atoms with van der Waals surface area (Å²) in [6.07, 6.45) is -0.0553. The zero-order chi connectivity index (χ0) is 14.1. The van der Waals surface area contributed by atoms with Crippen molar-refractivity contribution in [2.75, 3.05) is 13.2 Å². The second-order valence-electron chi connectivity index (χ2n) is 4.25. The van der Waals surface area contributed by atoms with Crippen LogP contribution in [-0.2, 0) is 19.7 Å². The third-order valence-corrected chi connectivity index (χ3v) is 5.66. The van der Waals surface area contributed by atoms with Gasteiger partial charge in [0.25, 0.3) is 0 Å². The molecule has 4 nitrogen and oxygen atoms in total. The Hall–Kier alpha value is -0.723. The molecule has 0 saturated carbocycles. The largest absolute Gasteiger partial charge is 0.503 e. The summed E-state index contributed by atoms with van der Waals surface area (Å²) in [4.78, 5) is 0. The molecule has 0 amide bonds. The lowest BCUT2D eigenvalue weighted by atomic mass is 10.2. The van der Waals surface area contributed by atoms with Crippen LogP contribution in [0.1, 0.15) is 26.3 Å². The Morgan fingerprint density at radius 3 is 2.16 bits per heavy atom. The molecule has 0 fully saturated rings. The molecule has 1 aromatic rings. The molecule has 1 aromatic carbocycles. The predicted molar refractivity (Wildman–Crippen MR) is 76.7 cm³/mol. The van der Waals surface area contributed by atoms with E-state index in [1.54, 1.807) is 6.92 Å². The van der Waals surface area contributed by atoms with Crippen LogP contribution in [0.5, 0.6) is 0 Å². The minimum Gasteiger partial charge on any atom is -0.374 e. The first-order chi connectivity index (χ1) is 9.12. The van der Waals surface area contributed by atoms with E-state index in [4.69, 9.17) is 13.3 Å². The van der Waals surface area contributed by atoms with Crippen LogP contribution in [0.4, 0.5) is 0 Å². The molecule has 5 heteroatoms. The van der Waals surface area contributed by atoms with Gasteiger partial charge in [-0.2, -0.15) is 0 Å². The van der Waals surface area contributed by atoms with Gasteiger partial charge in [-0.3, -0.25) is 0 Å². The molecule has 19 heavy (non-hydrogen) atoms. The number of hydrogen-bond acceptors (Lipinski definition) is 4. The van der Waals surface area contributed by atoms with Crippen LogP contribution in [0.15, 0.2) is 30.3 Å². The summed E-state index contributed by atoms with van der Waals surface area (Å²) in [6, 6.07) is 10.8. The van der Waals surface area contributed by atoms with Crippen molar-refractivity contribution >= 4 is 8.80 Å². The highest BCUT2D eigenvalue weighted by Crippen LogP contribution is 2.20. The molecule has 0 aliphatic heterocycles. The van der Waals surface area contributed by atoms with Gasteiger partial charge in [-0.05, 0) is 32.8 Å². The summed E-state index contributed by atoms with van der Waals surface area (Å²) in [5, 5.41) is 9.49. The van der Waals surface area contributed by atoms with Crippen molar-refractivity contribution in [2.45, 2.75) is 39.5 Å². The highest BCUT2D eigenvalue weighted by molar-refractivity contribution is 6.60. The summed E-state index contributed by atoms with van der Waals surface area (Å²) in [5.41, 5.74) is 1.22. The van der Waals surface area contributed by atoms with Crippen molar-refractivity contribution in [3.63, 3.8) is 0 Å². The third kappa shape index (κ3) is 5.84. The highest BCUT2D eigenvalue weighted by Gasteiger charge is 2.41. The molecule has 108 valence electrons. The fourth-order valence-corrected chi connectivity index (χ4v) is 4.57. The summed E-state index contributed by atoms with van der Waals surface area (Å²) in [7, 11) is -2.79. The van der Waals surface area contributed by atoms with E-state index in [9.17, 15) is 5.11 Å². The molecule has 0 aromatic heterocycles. The minimum atomic E-state index is -2.79. The van der Waals surface area contributed by atoms with E-state index in [0.717, 1.165) is 6.42 Å². The molecule has 0 spiro atoms. The van der Waals surface area contributed by atoms with Gasteiger partial charge in [0, 0.05) is 19.3 Å². The van der Waals surface area contributed by atoms with Crippen molar-refractivity contribution in [3.8, 4) is 0 Å². The molecule has 0 saturated heterocycles. The van der Waals surface area contributed by atoms with Gasteiger partial charge in [0.2, 0.25) is 0 Å². The number of rotatable bonds is 9. The Bertz CT molecular complexity index is 337. The second-order valence-corrected chi connectivity index (χ2v) is 6.93. The molecule has 0 radical (unpaired) electrons. The first-order valence-electron chi connectivity index (χ1n) is 6.79. The summed E-state index contributed by atoms with van der Waals surface area (Å²) >= 11 is 0. The topological polar surface area (TPSA) is 47.9 Å². The van der Waals surface area contributed by atoms with Crippen LogP contribution in [0.3, 0.4) is 0 Å². The predicted octanol–water partition coefficient (Wildman–Crippen LogP) is 2.60. The molecule has 1 unspecified atom stereocenters. The zero-order valence-electron chi connectivity index (χ0n) is 12.0. The Morgan fingerprint density at radius 2 is 1.68 bits per heavy atom. The summed E-state index contributed by atoms with van der Waals surface area (Å²) < 4.78 is 17.1. The Labute approximate surface area is 116 Å². The molecular formula is C14H24O4Si. The van der Waals surface area contributed by atoms with Gasteiger partial charge < -0.3 is 18.4 Å². The molecule has 1 atom stereocenters. The second kappa shape index (κ2) is 8.45. The number of aliphatic hydroxyl groups excluding tert-OH is 1. The highest BCUT2D eigenvalue weighted by atomic mass is 28.4. The number of benzene rings is 1. The molecule has 0 bridgehead atoms. The van der Waals surface area contributed by atoms with Crippen molar-refractivity contribution in [3.05, 3.63) is 35.9 Å². The van der Waals surface area contributed by atoms with Crippen LogP contribution in [0, 0.1) is 0 Å². The molecule has 1 rings (SSSR count). The lowest BCUT2D eigenvalue weighted by molar-refractivity contribution is -0.0644. The smallest absolute Gasteiger partial charge is 0.374 e. The van der Waals surface area contributed by atoms with E-state index >= 15 is 0 Å². The van der Waals surface area contributed by atoms with Gasteiger partial charge in [0.1, 0.15) is 6.29 Å². The maximum atomic E-state index is 9.49. The van der Waals surface area contributed by atoms with Crippen molar-refractivity contribution in [1.82, 2.24) is 0 Å². The Morgan fingerprint density at radius 1 is 1.11 bits per heavy atom. The fourth-order valence-electron chi connectivity index (χ4n) is 1.95.